The van der Waals surface area contributed by atoms with E-state index in [-0.39, 0.29) is 0 Å². The summed E-state index contributed by atoms with van der Waals surface area (Å²) in [7, 11) is 0. The highest BCUT2D eigenvalue weighted by Gasteiger charge is 2.30. The van der Waals surface area contributed by atoms with E-state index >= 15 is 0 Å². The first-order valence-electron chi connectivity index (χ1n) is 9.62. The molecule has 0 fully saturated rings. The molecule has 0 spiro atoms. The van der Waals surface area contributed by atoms with Crippen molar-refractivity contribution in [2.75, 3.05) is 0 Å². The van der Waals surface area contributed by atoms with Crippen molar-refractivity contribution < 1.29 is 4.74 Å². The van der Waals surface area contributed by atoms with Crippen molar-refractivity contribution >= 4 is 11.1 Å². The van der Waals surface area contributed by atoms with Crippen LogP contribution in [0.25, 0.3) is 11.1 Å². The van der Waals surface area contributed by atoms with Crippen molar-refractivity contribution in [3.8, 4) is 0 Å². The third-order valence-electron chi connectivity index (χ3n) is 5.07. The molecule has 4 rings (SSSR count). The van der Waals surface area contributed by atoms with E-state index in [2.05, 4.69) is 0 Å². The van der Waals surface area contributed by atoms with E-state index in [1.807, 2.05) is 85.0 Å². The molecule has 0 radical (unpaired) electrons. The molecule has 0 unspecified atom stereocenters. The number of nitrogens with two attached hydrogens (primary N) is 4. The van der Waals surface area contributed by atoms with Crippen LogP contribution in [0, 0.1) is 0 Å². The number of hydrogen-bond donors (Lipinski definition) is 4. The molecule has 2 aliphatic rings. The van der Waals surface area contributed by atoms with E-state index in [4.69, 9.17) is 27.7 Å². The summed E-state index contributed by atoms with van der Waals surface area (Å²) >= 11 is 0. The van der Waals surface area contributed by atoms with Gasteiger partial charge in [-0.2, -0.15) is 0 Å². The molecule has 0 bridgehead atoms. The van der Waals surface area contributed by atoms with Gasteiger partial charge < -0.3 is 27.7 Å². The molecule has 5 heteroatoms. The Labute approximate surface area is 171 Å². The average Bonchev–Trinajstić information content (AvgIpc) is 2.68. The molecule has 2 aromatic rings. The summed E-state index contributed by atoms with van der Waals surface area (Å²) in [4.78, 5) is 0. The number of ether oxygens (including phenoxy) is 1. The van der Waals surface area contributed by atoms with Crippen LogP contribution >= 0.6 is 0 Å². The van der Waals surface area contributed by atoms with Crippen molar-refractivity contribution in [3.63, 3.8) is 0 Å². The van der Waals surface area contributed by atoms with E-state index in [1.54, 1.807) is 0 Å². The Morgan fingerprint density at radius 3 is 1.34 bits per heavy atom. The van der Waals surface area contributed by atoms with Gasteiger partial charge in [-0.25, -0.2) is 0 Å². The fraction of sp³-hybridized carbons (Fsp3) is 0.167. The Balaban J connectivity index is 1.80. The molecule has 0 aliphatic heterocycles. The van der Waals surface area contributed by atoms with Crippen LogP contribution < -0.4 is 22.9 Å². The van der Waals surface area contributed by atoms with Crippen LogP contribution in [0.2, 0.25) is 0 Å². The van der Waals surface area contributed by atoms with Crippen molar-refractivity contribution in [1.82, 2.24) is 0 Å². The minimum atomic E-state index is -0.978. The lowest BCUT2D eigenvalue weighted by atomic mass is 9.90. The van der Waals surface area contributed by atoms with Crippen LogP contribution in [-0.4, -0.2) is 11.3 Å². The summed E-state index contributed by atoms with van der Waals surface area (Å²) in [6.45, 7) is 0. The summed E-state index contributed by atoms with van der Waals surface area (Å²) in [6.07, 6.45) is 8.20. The maximum atomic E-state index is 6.47. The van der Waals surface area contributed by atoms with Gasteiger partial charge in [-0.1, -0.05) is 72.8 Å². The van der Waals surface area contributed by atoms with Crippen LogP contribution in [0.15, 0.2) is 96.5 Å². The summed E-state index contributed by atoms with van der Waals surface area (Å²) in [5, 5.41) is 0. The zero-order valence-electron chi connectivity index (χ0n) is 16.2. The summed E-state index contributed by atoms with van der Waals surface area (Å²) in [5.41, 5.74) is 26.9. The summed E-state index contributed by atoms with van der Waals surface area (Å²) < 4.78 is 6.47. The second-order valence-electron chi connectivity index (χ2n) is 7.75. The van der Waals surface area contributed by atoms with Gasteiger partial charge in [-0.3, -0.25) is 0 Å². The van der Waals surface area contributed by atoms with Gasteiger partial charge in [0, 0.05) is 24.0 Å². The van der Waals surface area contributed by atoms with Crippen LogP contribution in [0.1, 0.15) is 24.0 Å². The molecular formula is C24H26N4O. The SMILES string of the molecule is NC1(N)C=CC(c2ccccc2)=C(OC2=C(c3ccccc3)C=CC(N)(N)C2)C1. The highest BCUT2D eigenvalue weighted by molar-refractivity contribution is 5.80. The second-order valence-corrected chi connectivity index (χ2v) is 7.75. The van der Waals surface area contributed by atoms with Gasteiger partial charge in [0.25, 0.3) is 0 Å². The molecule has 5 nitrogen and oxygen atoms in total. The first-order chi connectivity index (χ1) is 13.8. The maximum Gasteiger partial charge on any atom is 0.115 e. The Bertz CT molecular complexity index is 932. The Kier molecular flexibility index (Phi) is 4.98. The van der Waals surface area contributed by atoms with E-state index < -0.39 is 11.3 Å². The maximum absolute atomic E-state index is 6.47. The zero-order chi connectivity index (χ0) is 20.5. The normalized spacial score (nSPS) is 20.1. The molecular weight excluding hydrogens is 360 g/mol. The smallest absolute Gasteiger partial charge is 0.115 e. The van der Waals surface area contributed by atoms with Gasteiger partial charge in [0.1, 0.15) is 11.5 Å². The van der Waals surface area contributed by atoms with Gasteiger partial charge in [-0.05, 0) is 23.3 Å². The van der Waals surface area contributed by atoms with Gasteiger partial charge in [0.15, 0.2) is 0 Å². The fourth-order valence-corrected chi connectivity index (χ4v) is 3.61. The monoisotopic (exact) mass is 386 g/mol. The molecule has 0 saturated carbocycles. The largest absolute Gasteiger partial charge is 0.465 e. The minimum absolute atomic E-state index is 0.366. The Hall–Kier alpha value is -2.96. The zero-order valence-corrected chi connectivity index (χ0v) is 16.2. The third kappa shape index (κ3) is 4.39. The van der Waals surface area contributed by atoms with Crippen LogP contribution in [0.4, 0.5) is 0 Å². The lowest BCUT2D eigenvalue weighted by molar-refractivity contribution is 0.248. The predicted octanol–water partition coefficient (Wildman–Crippen LogP) is 2.97. The molecule has 0 atom stereocenters. The van der Waals surface area contributed by atoms with Gasteiger partial charge in [0.05, 0.1) is 11.3 Å². The molecule has 8 N–H and O–H groups in total. The first-order valence-corrected chi connectivity index (χ1v) is 9.62. The number of benzene rings is 2. The van der Waals surface area contributed by atoms with Crippen LogP contribution in [-0.2, 0) is 4.74 Å². The highest BCUT2D eigenvalue weighted by atomic mass is 16.5. The van der Waals surface area contributed by atoms with E-state index in [0.29, 0.717) is 24.4 Å². The highest BCUT2D eigenvalue weighted by Crippen LogP contribution is 2.37. The molecule has 148 valence electrons. The van der Waals surface area contributed by atoms with Gasteiger partial charge in [-0.15, -0.1) is 0 Å². The van der Waals surface area contributed by atoms with E-state index in [1.165, 1.54) is 0 Å². The predicted molar refractivity (Wildman–Crippen MR) is 118 cm³/mol. The second kappa shape index (κ2) is 7.46. The van der Waals surface area contributed by atoms with Crippen molar-refractivity contribution in [2.45, 2.75) is 24.2 Å². The Morgan fingerprint density at radius 2 is 0.966 bits per heavy atom. The van der Waals surface area contributed by atoms with E-state index in [9.17, 15) is 0 Å². The molecule has 0 amide bonds. The van der Waals surface area contributed by atoms with Crippen molar-refractivity contribution in [1.29, 1.82) is 0 Å². The average molecular weight is 386 g/mol. The lowest BCUT2D eigenvalue weighted by Crippen LogP contribution is -2.50. The molecule has 29 heavy (non-hydrogen) atoms. The molecule has 2 aliphatic carbocycles. The van der Waals surface area contributed by atoms with Gasteiger partial charge in [0.2, 0.25) is 0 Å². The summed E-state index contributed by atoms with van der Waals surface area (Å²) in [5.74, 6) is 1.41. The van der Waals surface area contributed by atoms with Crippen molar-refractivity contribution in [2.24, 2.45) is 22.9 Å². The molecule has 0 aromatic heterocycles. The topological polar surface area (TPSA) is 113 Å². The van der Waals surface area contributed by atoms with Crippen molar-refractivity contribution in [3.05, 3.63) is 108 Å². The fourth-order valence-electron chi connectivity index (χ4n) is 3.61. The quantitative estimate of drug-likeness (QED) is 0.603. The number of rotatable bonds is 4. The summed E-state index contributed by atoms with van der Waals surface area (Å²) in [6, 6.07) is 20.1. The standard InChI is InChI=1S/C24H26N4O/c25-23(26)13-11-19(17-7-3-1-4-8-17)21(15-23)29-22-16-24(27,28)14-12-20(22)18-9-5-2-6-10-18/h1-14H,15-16,25-28H2. The van der Waals surface area contributed by atoms with Crippen LogP contribution in [0.3, 0.4) is 0 Å². The van der Waals surface area contributed by atoms with E-state index in [0.717, 1.165) is 22.3 Å². The molecule has 0 saturated heterocycles. The molecule has 2 aromatic carbocycles. The minimum Gasteiger partial charge on any atom is -0.465 e. The first kappa shape index (κ1) is 19.4. The van der Waals surface area contributed by atoms with Crippen LogP contribution in [0.5, 0.6) is 0 Å². The third-order valence-corrected chi connectivity index (χ3v) is 5.07. The van der Waals surface area contributed by atoms with Gasteiger partial charge >= 0.3 is 0 Å². The number of hydrogen-bond acceptors (Lipinski definition) is 5. The number of allylic oxidation sites excluding steroid dienone is 4. The lowest BCUT2D eigenvalue weighted by Gasteiger charge is -2.32. The molecule has 0 heterocycles. The Morgan fingerprint density at radius 1 is 0.586 bits per heavy atom.